The van der Waals surface area contributed by atoms with E-state index >= 15 is 0 Å². The first-order valence-electron chi connectivity index (χ1n) is 5.24. The largest absolute Gasteiger partial charge is 0.176 e. The Morgan fingerprint density at radius 2 is 1.13 bits per heavy atom. The van der Waals surface area contributed by atoms with E-state index in [0.717, 1.165) is 0 Å². The van der Waals surface area contributed by atoms with Crippen LogP contribution in [-0.2, 0) is 32.5 Å². The van der Waals surface area contributed by atoms with Crippen molar-refractivity contribution in [2.75, 3.05) is 0 Å². The summed E-state index contributed by atoms with van der Waals surface area (Å²) in [6.07, 6.45) is 0. The van der Waals surface area contributed by atoms with Crippen molar-refractivity contribution in [1.29, 1.82) is 0 Å². The molecule has 0 heterocycles. The first kappa shape index (κ1) is 14.9. The van der Waals surface area contributed by atoms with E-state index in [1.807, 2.05) is 0 Å². The molecule has 0 N–H and O–H groups in total. The molecule has 0 radical (unpaired) electrons. The molecule has 1 rings (SSSR count). The van der Waals surface area contributed by atoms with E-state index in [1.165, 1.54) is 11.1 Å². The van der Waals surface area contributed by atoms with Crippen LogP contribution in [0.15, 0.2) is 18.2 Å². The van der Waals surface area contributed by atoms with Crippen LogP contribution in [0.5, 0.6) is 0 Å². The fraction of sp³-hybridized carbons (Fsp3) is 0.571. The molecule has 0 aliphatic carbocycles. The summed E-state index contributed by atoms with van der Waals surface area (Å²) in [7, 11) is 0. The third-order valence-electron chi connectivity index (χ3n) is 2.41. The molecule has 0 saturated carbocycles. The minimum absolute atomic E-state index is 0. The average molecular weight is 237 g/mol. The second-order valence-electron chi connectivity index (χ2n) is 5.98. The summed E-state index contributed by atoms with van der Waals surface area (Å²) in [6, 6.07) is 9.98. The van der Waals surface area contributed by atoms with Crippen LogP contribution in [0.2, 0.25) is 0 Å². The molecule has 0 saturated heterocycles. The second kappa shape index (κ2) is 4.85. The summed E-state index contributed by atoms with van der Waals surface area (Å²) in [5, 5.41) is 0. The molecule has 0 aromatic heterocycles. The van der Waals surface area contributed by atoms with Gasteiger partial charge in [-0.15, -0.1) is 0 Å². The van der Waals surface area contributed by atoms with Gasteiger partial charge in [-0.1, -0.05) is 41.5 Å². The van der Waals surface area contributed by atoms with Gasteiger partial charge in [0.2, 0.25) is 0 Å². The molecule has 1 heteroatoms. The normalized spacial score (nSPS) is 12.1. The van der Waals surface area contributed by atoms with E-state index in [0.29, 0.717) is 0 Å². The Labute approximate surface area is 109 Å². The fourth-order valence-corrected chi connectivity index (χ4v) is 1.34. The molecule has 1 aromatic rings. The Kier molecular flexibility index (Phi) is 4.82. The summed E-state index contributed by atoms with van der Waals surface area (Å²) in [5.41, 5.74) is 2.98. The number of hydrogen-bond acceptors (Lipinski definition) is 0. The molecule has 0 atom stereocenters. The minimum atomic E-state index is 0. The van der Waals surface area contributed by atoms with Crippen molar-refractivity contribution in [3.63, 3.8) is 0 Å². The second-order valence-corrected chi connectivity index (χ2v) is 5.98. The zero-order chi connectivity index (χ0) is 11.0. The van der Waals surface area contributed by atoms with Gasteiger partial charge in [-0.2, -0.15) is 35.4 Å². The molecule has 0 fully saturated rings. The molecule has 1 aromatic carbocycles. The van der Waals surface area contributed by atoms with Gasteiger partial charge in [0.25, 0.3) is 0 Å². The van der Waals surface area contributed by atoms with Gasteiger partial charge in [0, 0.05) is 21.7 Å². The Morgan fingerprint density at radius 1 is 0.800 bits per heavy atom. The van der Waals surface area contributed by atoms with Gasteiger partial charge in [0.15, 0.2) is 0 Å². The van der Waals surface area contributed by atoms with E-state index in [4.69, 9.17) is 0 Å². The molecule has 82 valence electrons. The molecule has 0 nitrogen and oxygen atoms in total. The van der Waals surface area contributed by atoms with Crippen molar-refractivity contribution in [2.24, 2.45) is 0 Å². The first-order chi connectivity index (χ1) is 6.21. The molecule has 0 aliphatic rings. The Balaban J connectivity index is 0.00000196. The van der Waals surface area contributed by atoms with E-state index < -0.39 is 0 Å². The maximum absolute atomic E-state index is 3.52. The molecule has 0 unspecified atom stereocenters. The van der Waals surface area contributed by atoms with Gasteiger partial charge in [0.1, 0.15) is 0 Å². The topological polar surface area (TPSA) is 0 Å². The zero-order valence-corrected chi connectivity index (χ0v) is 12.3. The molecule has 0 bridgehead atoms. The smallest absolute Gasteiger partial charge is 0 e. The molecule has 15 heavy (non-hydrogen) atoms. The van der Waals surface area contributed by atoms with Crippen molar-refractivity contribution in [2.45, 2.75) is 52.4 Å². The number of benzene rings is 1. The molecule has 0 amide bonds. The van der Waals surface area contributed by atoms with Crippen LogP contribution in [0.1, 0.15) is 52.7 Å². The molecular formula is C14H21Ti-. The summed E-state index contributed by atoms with van der Waals surface area (Å²) in [5.74, 6) is 0. The Hall–Kier alpha value is -0.0657. The summed E-state index contributed by atoms with van der Waals surface area (Å²) >= 11 is 0. The number of rotatable bonds is 0. The van der Waals surface area contributed by atoms with Crippen LogP contribution in [0.4, 0.5) is 0 Å². The van der Waals surface area contributed by atoms with Crippen molar-refractivity contribution in [3.8, 4) is 0 Å². The molecule has 0 aliphatic heterocycles. The van der Waals surface area contributed by atoms with Crippen LogP contribution >= 0.6 is 0 Å². The summed E-state index contributed by atoms with van der Waals surface area (Å²) in [6.45, 7) is 13.4. The van der Waals surface area contributed by atoms with E-state index in [-0.39, 0.29) is 32.5 Å². The quantitative estimate of drug-likeness (QED) is 0.471. The fourth-order valence-electron chi connectivity index (χ4n) is 1.34. The summed E-state index contributed by atoms with van der Waals surface area (Å²) in [4.78, 5) is 0. The monoisotopic (exact) mass is 237 g/mol. The van der Waals surface area contributed by atoms with Crippen molar-refractivity contribution in [1.82, 2.24) is 0 Å². The maximum Gasteiger partial charge on any atom is 0 e. The van der Waals surface area contributed by atoms with Crippen molar-refractivity contribution >= 4 is 0 Å². The third kappa shape index (κ3) is 4.13. The third-order valence-corrected chi connectivity index (χ3v) is 2.41. The van der Waals surface area contributed by atoms with E-state index in [2.05, 4.69) is 65.8 Å². The standard InChI is InChI=1S/C14H21.Ti/c1-13(2,3)11-8-7-9-12(10-11)14(4,5)6;/h7-9H,1-6H3;/q-1;. The van der Waals surface area contributed by atoms with Gasteiger partial charge in [-0.3, -0.25) is 0 Å². The Bertz CT molecular complexity index is 284. The van der Waals surface area contributed by atoms with Gasteiger partial charge in [-0.05, 0) is 10.8 Å². The van der Waals surface area contributed by atoms with Gasteiger partial charge < -0.3 is 0 Å². The van der Waals surface area contributed by atoms with Crippen LogP contribution < -0.4 is 0 Å². The van der Waals surface area contributed by atoms with Gasteiger partial charge in [0.05, 0.1) is 0 Å². The molecule has 0 spiro atoms. The maximum atomic E-state index is 3.52. The summed E-state index contributed by atoms with van der Waals surface area (Å²) < 4.78 is 0. The van der Waals surface area contributed by atoms with Gasteiger partial charge in [-0.25, -0.2) is 0 Å². The van der Waals surface area contributed by atoms with Crippen LogP contribution in [-0.4, -0.2) is 0 Å². The Morgan fingerprint density at radius 3 is 1.40 bits per heavy atom. The average Bonchev–Trinajstić information content (AvgIpc) is 2.01. The van der Waals surface area contributed by atoms with Crippen LogP contribution in [0.25, 0.3) is 0 Å². The zero-order valence-electron chi connectivity index (χ0n) is 10.7. The number of hydrogen-bond donors (Lipinski definition) is 0. The predicted octanol–water partition coefficient (Wildman–Crippen LogP) is 4.08. The van der Waals surface area contributed by atoms with Gasteiger partial charge >= 0.3 is 0 Å². The van der Waals surface area contributed by atoms with E-state index in [1.54, 1.807) is 0 Å². The van der Waals surface area contributed by atoms with E-state index in [9.17, 15) is 0 Å². The minimum Gasteiger partial charge on any atom is -0.176 e. The first-order valence-corrected chi connectivity index (χ1v) is 5.24. The predicted molar refractivity (Wildman–Crippen MR) is 62.7 cm³/mol. The van der Waals surface area contributed by atoms with Crippen molar-refractivity contribution in [3.05, 3.63) is 35.4 Å². The van der Waals surface area contributed by atoms with Crippen LogP contribution in [0, 0.1) is 6.07 Å². The van der Waals surface area contributed by atoms with Crippen molar-refractivity contribution < 1.29 is 21.7 Å². The molecular weight excluding hydrogens is 216 g/mol. The van der Waals surface area contributed by atoms with Crippen LogP contribution in [0.3, 0.4) is 0 Å². The SMILES string of the molecule is CC(C)(C)c1[c-]c(C(C)(C)C)ccc1.[Ti].